The normalized spacial score (nSPS) is 34.0. The standard InChI is InChI=1S/C15H18ClN3O2/c16-14-6-13(19(20)21)7-17-15(14)18-8-11-2-9-1-10(3-11)5-12(18)4-9/h6-7,9-12H,1-5,8H2/t9-,10+,11?,12?. The van der Waals surface area contributed by atoms with E-state index in [9.17, 15) is 10.1 Å². The minimum atomic E-state index is -0.446. The lowest BCUT2D eigenvalue weighted by Gasteiger charge is -2.39. The summed E-state index contributed by atoms with van der Waals surface area (Å²) in [4.78, 5) is 17.0. The van der Waals surface area contributed by atoms with Crippen LogP contribution in [-0.2, 0) is 0 Å². The van der Waals surface area contributed by atoms with Crippen molar-refractivity contribution in [1.29, 1.82) is 0 Å². The first-order valence-corrected chi connectivity index (χ1v) is 8.04. The molecule has 6 heteroatoms. The number of fused-ring (bicyclic) bond motifs is 1. The molecule has 4 atom stereocenters. The lowest BCUT2D eigenvalue weighted by Crippen LogP contribution is -2.38. The lowest BCUT2D eigenvalue weighted by molar-refractivity contribution is -0.385. The summed E-state index contributed by atoms with van der Waals surface area (Å²) in [5.41, 5.74) is -0.0376. The summed E-state index contributed by atoms with van der Waals surface area (Å²) in [6.07, 6.45) is 7.82. The molecule has 0 N–H and O–H groups in total. The molecule has 2 unspecified atom stereocenters. The average Bonchev–Trinajstić information content (AvgIpc) is 2.62. The van der Waals surface area contributed by atoms with Gasteiger partial charge in [0.1, 0.15) is 12.0 Å². The van der Waals surface area contributed by atoms with Crippen LogP contribution < -0.4 is 4.90 Å². The number of anilines is 1. The van der Waals surface area contributed by atoms with Crippen LogP contribution in [0.25, 0.3) is 0 Å². The molecule has 112 valence electrons. The first kappa shape index (κ1) is 13.3. The summed E-state index contributed by atoms with van der Waals surface area (Å²) in [6.45, 7) is 1.00. The number of hydrogen-bond donors (Lipinski definition) is 0. The molecule has 1 aromatic rings. The quantitative estimate of drug-likeness (QED) is 0.618. The predicted molar refractivity (Wildman–Crippen MR) is 80.6 cm³/mol. The van der Waals surface area contributed by atoms with Crippen LogP contribution in [0.3, 0.4) is 0 Å². The van der Waals surface area contributed by atoms with E-state index in [0.717, 1.165) is 30.1 Å². The van der Waals surface area contributed by atoms with E-state index >= 15 is 0 Å². The first-order valence-electron chi connectivity index (χ1n) is 7.66. The van der Waals surface area contributed by atoms with Gasteiger partial charge < -0.3 is 4.90 Å². The van der Waals surface area contributed by atoms with Crippen LogP contribution in [0.2, 0.25) is 5.02 Å². The molecule has 4 bridgehead atoms. The maximum absolute atomic E-state index is 10.8. The van der Waals surface area contributed by atoms with E-state index in [0.29, 0.717) is 11.1 Å². The number of nitro groups is 1. The molecule has 2 aliphatic carbocycles. The maximum atomic E-state index is 10.8. The van der Waals surface area contributed by atoms with Gasteiger partial charge in [-0.05, 0) is 49.9 Å². The van der Waals surface area contributed by atoms with Crippen molar-refractivity contribution in [3.8, 4) is 0 Å². The third-order valence-electron chi connectivity index (χ3n) is 5.40. The maximum Gasteiger partial charge on any atom is 0.289 e. The summed E-state index contributed by atoms with van der Waals surface area (Å²) in [5, 5.41) is 11.2. The molecule has 4 fully saturated rings. The van der Waals surface area contributed by atoms with Crippen molar-refractivity contribution < 1.29 is 4.92 Å². The molecular formula is C15H18ClN3O2. The highest BCUT2D eigenvalue weighted by molar-refractivity contribution is 6.33. The molecule has 2 aliphatic heterocycles. The van der Waals surface area contributed by atoms with Crippen LogP contribution in [0, 0.1) is 27.9 Å². The van der Waals surface area contributed by atoms with E-state index in [1.807, 2.05) is 0 Å². The third-order valence-corrected chi connectivity index (χ3v) is 5.67. The molecule has 2 saturated heterocycles. The van der Waals surface area contributed by atoms with Crippen molar-refractivity contribution in [2.75, 3.05) is 11.4 Å². The van der Waals surface area contributed by atoms with Crippen molar-refractivity contribution in [2.24, 2.45) is 17.8 Å². The molecule has 0 amide bonds. The second-order valence-corrected chi connectivity index (χ2v) is 7.25. The minimum absolute atomic E-state index is 0.0376. The fraction of sp³-hybridized carbons (Fsp3) is 0.667. The van der Waals surface area contributed by atoms with Gasteiger partial charge in [0.25, 0.3) is 5.69 Å². The molecule has 4 aliphatic rings. The third kappa shape index (κ3) is 2.27. The zero-order valence-electron chi connectivity index (χ0n) is 11.7. The minimum Gasteiger partial charge on any atom is -0.352 e. The van der Waals surface area contributed by atoms with Crippen molar-refractivity contribution in [3.63, 3.8) is 0 Å². The Morgan fingerprint density at radius 3 is 2.48 bits per heavy atom. The van der Waals surface area contributed by atoms with E-state index in [-0.39, 0.29) is 5.69 Å². The van der Waals surface area contributed by atoms with Crippen LogP contribution >= 0.6 is 11.6 Å². The molecule has 21 heavy (non-hydrogen) atoms. The van der Waals surface area contributed by atoms with Crippen molar-refractivity contribution >= 4 is 23.1 Å². The second kappa shape index (κ2) is 4.83. The second-order valence-electron chi connectivity index (χ2n) is 6.84. The highest BCUT2D eigenvalue weighted by Crippen LogP contribution is 2.49. The first-order chi connectivity index (χ1) is 10.1. The van der Waals surface area contributed by atoms with Gasteiger partial charge in [-0.1, -0.05) is 11.6 Å². The molecular weight excluding hydrogens is 290 g/mol. The predicted octanol–water partition coefficient (Wildman–Crippen LogP) is 3.66. The Morgan fingerprint density at radius 2 is 1.86 bits per heavy atom. The molecule has 1 aromatic heterocycles. The molecule has 0 radical (unpaired) electrons. The van der Waals surface area contributed by atoms with Gasteiger partial charge in [0, 0.05) is 18.7 Å². The number of nitrogens with zero attached hydrogens (tertiary/aromatic N) is 3. The van der Waals surface area contributed by atoms with Crippen LogP contribution in [-0.4, -0.2) is 22.5 Å². The Hall–Kier alpha value is -1.36. The summed E-state index contributed by atoms with van der Waals surface area (Å²) in [7, 11) is 0. The topological polar surface area (TPSA) is 59.3 Å². The van der Waals surface area contributed by atoms with E-state index < -0.39 is 4.92 Å². The van der Waals surface area contributed by atoms with Gasteiger partial charge in [0.05, 0.1) is 9.95 Å². The molecule has 0 aromatic carbocycles. The summed E-state index contributed by atoms with van der Waals surface area (Å²) >= 11 is 6.29. The highest BCUT2D eigenvalue weighted by atomic mass is 35.5. The molecule has 2 saturated carbocycles. The molecule has 0 spiro atoms. The Kier molecular flexibility index (Phi) is 3.06. The van der Waals surface area contributed by atoms with E-state index in [1.165, 1.54) is 44.4 Å². The zero-order chi connectivity index (χ0) is 14.6. The van der Waals surface area contributed by atoms with Crippen molar-refractivity contribution in [1.82, 2.24) is 4.98 Å². The highest BCUT2D eigenvalue weighted by Gasteiger charge is 2.43. The number of pyridine rings is 1. The van der Waals surface area contributed by atoms with Gasteiger partial charge in [0.15, 0.2) is 0 Å². The molecule has 5 nitrogen and oxygen atoms in total. The van der Waals surface area contributed by atoms with Crippen molar-refractivity contribution in [2.45, 2.75) is 38.1 Å². The molecule has 5 rings (SSSR count). The Morgan fingerprint density at radius 1 is 1.19 bits per heavy atom. The SMILES string of the molecule is O=[N+]([O-])c1cnc(N2CC3C[C@@H]4CC2C[C@H](C3)C4)c(Cl)c1. The number of hydrogen-bond acceptors (Lipinski definition) is 4. The fourth-order valence-electron chi connectivity index (χ4n) is 4.78. The monoisotopic (exact) mass is 307 g/mol. The summed E-state index contributed by atoms with van der Waals surface area (Å²) in [6, 6.07) is 1.94. The average molecular weight is 308 g/mol. The number of aromatic nitrogens is 1. The van der Waals surface area contributed by atoms with Gasteiger partial charge in [-0.25, -0.2) is 4.98 Å². The lowest BCUT2D eigenvalue weighted by atomic mass is 9.68. The Balaban J connectivity index is 1.68. The Bertz CT molecular complexity index is 580. The van der Waals surface area contributed by atoms with Crippen LogP contribution in [0.1, 0.15) is 32.1 Å². The summed E-state index contributed by atoms with van der Waals surface area (Å²) < 4.78 is 0. The zero-order valence-corrected chi connectivity index (χ0v) is 12.5. The fourth-order valence-corrected chi connectivity index (χ4v) is 5.04. The van der Waals surface area contributed by atoms with Crippen molar-refractivity contribution in [3.05, 3.63) is 27.4 Å². The van der Waals surface area contributed by atoms with Crippen LogP contribution in [0.4, 0.5) is 11.5 Å². The Labute approximate surface area is 128 Å². The van der Waals surface area contributed by atoms with Gasteiger partial charge in [-0.15, -0.1) is 0 Å². The number of rotatable bonds is 2. The molecule has 3 heterocycles. The van der Waals surface area contributed by atoms with E-state index in [1.54, 1.807) is 0 Å². The smallest absolute Gasteiger partial charge is 0.289 e. The largest absolute Gasteiger partial charge is 0.352 e. The van der Waals surface area contributed by atoms with Gasteiger partial charge in [-0.3, -0.25) is 10.1 Å². The van der Waals surface area contributed by atoms with Gasteiger partial charge in [-0.2, -0.15) is 0 Å². The summed E-state index contributed by atoms with van der Waals surface area (Å²) in [5.74, 6) is 3.18. The number of halogens is 1. The van der Waals surface area contributed by atoms with Gasteiger partial charge >= 0.3 is 0 Å². The van der Waals surface area contributed by atoms with Crippen LogP contribution in [0.5, 0.6) is 0 Å². The van der Waals surface area contributed by atoms with Crippen LogP contribution in [0.15, 0.2) is 12.3 Å². The van der Waals surface area contributed by atoms with E-state index in [2.05, 4.69) is 9.88 Å². The van der Waals surface area contributed by atoms with E-state index in [4.69, 9.17) is 11.6 Å². The van der Waals surface area contributed by atoms with Gasteiger partial charge in [0.2, 0.25) is 0 Å².